The van der Waals surface area contributed by atoms with Gasteiger partial charge < -0.3 is 14.9 Å². The second-order valence-corrected chi connectivity index (χ2v) is 5.77. The number of H-pyrrole nitrogens is 1. The summed E-state index contributed by atoms with van der Waals surface area (Å²) in [7, 11) is 1.88. The Morgan fingerprint density at radius 2 is 2.17 bits per heavy atom. The predicted octanol–water partition coefficient (Wildman–Crippen LogP) is 3.89. The van der Waals surface area contributed by atoms with Gasteiger partial charge >= 0.3 is 0 Å². The number of fused-ring (bicyclic) bond motifs is 1. The molecule has 0 spiro atoms. The van der Waals surface area contributed by atoms with Gasteiger partial charge in [0.2, 0.25) is 0 Å². The molecule has 0 aliphatic carbocycles. The molecule has 4 heterocycles. The fraction of sp³-hybridized carbons (Fsp3) is 0.0625. The van der Waals surface area contributed by atoms with E-state index >= 15 is 0 Å². The van der Waals surface area contributed by atoms with Crippen LogP contribution in [-0.2, 0) is 7.05 Å². The van der Waals surface area contributed by atoms with Gasteiger partial charge in [0.05, 0.1) is 16.9 Å². The minimum Gasteiger partial charge on any atom is -0.355 e. The van der Waals surface area contributed by atoms with Gasteiger partial charge in [0.25, 0.3) is 0 Å². The summed E-state index contributed by atoms with van der Waals surface area (Å²) in [4.78, 5) is 15.6. The van der Waals surface area contributed by atoms with Crippen molar-refractivity contribution in [2.75, 3.05) is 5.32 Å². The van der Waals surface area contributed by atoms with E-state index in [2.05, 4.69) is 25.3 Å². The Bertz CT molecular complexity index is 1040. The first-order valence-corrected chi connectivity index (χ1v) is 7.52. The Hall–Kier alpha value is -2.93. The second-order valence-electron chi connectivity index (χ2n) is 5.33. The van der Waals surface area contributed by atoms with Crippen molar-refractivity contribution in [1.29, 1.82) is 0 Å². The molecule has 0 saturated carbocycles. The number of aromatic nitrogens is 5. The molecule has 0 fully saturated rings. The lowest BCUT2D eigenvalue weighted by atomic mass is 10.2. The van der Waals surface area contributed by atoms with Gasteiger partial charge in [-0.3, -0.25) is 0 Å². The van der Waals surface area contributed by atoms with E-state index in [1.165, 1.54) is 0 Å². The van der Waals surface area contributed by atoms with Crippen LogP contribution in [0, 0.1) is 5.82 Å². The van der Waals surface area contributed by atoms with E-state index in [0.717, 1.165) is 17.3 Å². The van der Waals surface area contributed by atoms with Gasteiger partial charge in [0, 0.05) is 42.8 Å². The molecule has 120 valence electrons. The summed E-state index contributed by atoms with van der Waals surface area (Å²) in [5, 5.41) is 4.24. The third-order valence-electron chi connectivity index (χ3n) is 3.58. The first-order valence-electron chi connectivity index (χ1n) is 7.15. The van der Waals surface area contributed by atoms with Crippen molar-refractivity contribution < 1.29 is 4.39 Å². The van der Waals surface area contributed by atoms with Crippen LogP contribution in [0.1, 0.15) is 0 Å². The van der Waals surface area contributed by atoms with E-state index < -0.39 is 5.82 Å². The SMILES string of the molecule is Cn1ccc(Nc2nc(-c3c[nH]c4ncc(Cl)cc34)ncc2F)c1. The van der Waals surface area contributed by atoms with Crippen molar-refractivity contribution in [1.82, 2.24) is 24.5 Å². The molecule has 8 heteroatoms. The molecule has 0 atom stereocenters. The molecule has 4 aromatic heterocycles. The number of nitrogens with zero attached hydrogens (tertiary/aromatic N) is 4. The highest BCUT2D eigenvalue weighted by molar-refractivity contribution is 6.31. The maximum absolute atomic E-state index is 14.0. The quantitative estimate of drug-likeness (QED) is 0.592. The smallest absolute Gasteiger partial charge is 0.184 e. The normalized spacial score (nSPS) is 11.1. The summed E-state index contributed by atoms with van der Waals surface area (Å²) in [6.45, 7) is 0. The molecule has 0 saturated heterocycles. The van der Waals surface area contributed by atoms with Crippen LogP contribution in [0.25, 0.3) is 22.4 Å². The van der Waals surface area contributed by atoms with Crippen molar-refractivity contribution in [2.45, 2.75) is 0 Å². The lowest BCUT2D eigenvalue weighted by Crippen LogP contribution is -2.00. The molecular weight excluding hydrogens is 331 g/mol. The molecule has 2 N–H and O–H groups in total. The van der Waals surface area contributed by atoms with Crippen LogP contribution >= 0.6 is 11.6 Å². The average molecular weight is 343 g/mol. The molecule has 6 nitrogen and oxygen atoms in total. The maximum atomic E-state index is 14.0. The van der Waals surface area contributed by atoms with Gasteiger partial charge in [0.15, 0.2) is 17.5 Å². The summed E-state index contributed by atoms with van der Waals surface area (Å²) in [6.07, 6.45) is 8.11. The molecule has 0 radical (unpaired) electrons. The Morgan fingerprint density at radius 1 is 1.29 bits per heavy atom. The van der Waals surface area contributed by atoms with Gasteiger partial charge in [-0.05, 0) is 12.1 Å². The van der Waals surface area contributed by atoms with Gasteiger partial charge in [-0.25, -0.2) is 19.3 Å². The Kier molecular flexibility index (Phi) is 3.42. The predicted molar refractivity (Wildman–Crippen MR) is 90.8 cm³/mol. The summed E-state index contributed by atoms with van der Waals surface area (Å²) >= 11 is 6.01. The number of rotatable bonds is 3. The Morgan fingerprint density at radius 3 is 2.96 bits per heavy atom. The number of anilines is 2. The van der Waals surface area contributed by atoms with Gasteiger partial charge in [0.1, 0.15) is 5.65 Å². The van der Waals surface area contributed by atoms with Crippen LogP contribution in [0.5, 0.6) is 0 Å². The van der Waals surface area contributed by atoms with Gasteiger partial charge in [-0.15, -0.1) is 0 Å². The van der Waals surface area contributed by atoms with Gasteiger partial charge in [-0.1, -0.05) is 11.6 Å². The van der Waals surface area contributed by atoms with Crippen LogP contribution in [0.2, 0.25) is 5.02 Å². The van der Waals surface area contributed by atoms with Crippen LogP contribution in [-0.4, -0.2) is 24.5 Å². The van der Waals surface area contributed by atoms with E-state index in [1.54, 1.807) is 18.5 Å². The van der Waals surface area contributed by atoms with Crippen molar-refractivity contribution in [3.63, 3.8) is 0 Å². The molecule has 0 aliphatic rings. The number of aromatic amines is 1. The zero-order valence-corrected chi connectivity index (χ0v) is 13.3. The fourth-order valence-corrected chi connectivity index (χ4v) is 2.62. The number of pyridine rings is 1. The molecule has 24 heavy (non-hydrogen) atoms. The third-order valence-corrected chi connectivity index (χ3v) is 3.78. The summed E-state index contributed by atoms with van der Waals surface area (Å²) < 4.78 is 15.9. The minimum atomic E-state index is -0.529. The van der Waals surface area contributed by atoms with Gasteiger partial charge in [-0.2, -0.15) is 0 Å². The number of hydrogen-bond acceptors (Lipinski definition) is 4. The molecule has 0 aromatic carbocycles. The van der Waals surface area contributed by atoms with Crippen LogP contribution in [0.15, 0.2) is 43.1 Å². The molecule has 0 amide bonds. The Balaban J connectivity index is 1.78. The van der Waals surface area contributed by atoms with Crippen LogP contribution < -0.4 is 5.32 Å². The van der Waals surface area contributed by atoms with Crippen molar-refractivity contribution in [3.05, 3.63) is 54.0 Å². The summed E-state index contributed by atoms with van der Waals surface area (Å²) in [5.74, 6) is -0.0423. The monoisotopic (exact) mass is 342 g/mol. The number of aryl methyl sites for hydroxylation is 1. The first kappa shape index (κ1) is 14.6. The summed E-state index contributed by atoms with van der Waals surface area (Å²) in [5.41, 5.74) is 2.11. The summed E-state index contributed by atoms with van der Waals surface area (Å²) in [6, 6.07) is 3.60. The Labute approximate surface area is 141 Å². The lowest BCUT2D eigenvalue weighted by Gasteiger charge is -2.06. The second kappa shape index (κ2) is 5.61. The van der Waals surface area contributed by atoms with E-state index in [9.17, 15) is 4.39 Å². The minimum absolute atomic E-state index is 0.107. The van der Waals surface area contributed by atoms with E-state index in [4.69, 9.17) is 11.6 Å². The highest BCUT2D eigenvalue weighted by Gasteiger charge is 2.14. The topological polar surface area (TPSA) is 71.4 Å². The largest absolute Gasteiger partial charge is 0.355 e. The zero-order chi connectivity index (χ0) is 16.7. The fourth-order valence-electron chi connectivity index (χ4n) is 2.46. The highest BCUT2D eigenvalue weighted by atomic mass is 35.5. The van der Waals surface area contributed by atoms with E-state index in [-0.39, 0.29) is 5.82 Å². The number of halogens is 2. The molecule has 0 aliphatic heterocycles. The molecule has 4 rings (SSSR count). The van der Waals surface area contributed by atoms with Crippen LogP contribution in [0.3, 0.4) is 0 Å². The highest BCUT2D eigenvalue weighted by Crippen LogP contribution is 2.28. The van der Waals surface area contributed by atoms with Crippen LogP contribution in [0.4, 0.5) is 15.9 Å². The molecule has 0 unspecified atom stereocenters. The molecule has 0 bridgehead atoms. The standard InChI is InChI=1S/C16H12ClFN6/c1-24-3-2-10(8-24)22-16-13(18)7-21-15(23-16)12-6-20-14-11(12)4-9(17)5-19-14/h2-8H,1H3,(H,19,20)(H,21,22,23). The zero-order valence-electron chi connectivity index (χ0n) is 12.6. The lowest BCUT2D eigenvalue weighted by molar-refractivity contribution is 0.619. The van der Waals surface area contributed by atoms with E-state index in [1.807, 2.05) is 30.1 Å². The molecular formula is C16H12ClFN6. The number of nitrogens with one attached hydrogen (secondary N) is 2. The first-order chi connectivity index (χ1) is 11.6. The third kappa shape index (κ3) is 2.59. The average Bonchev–Trinajstić information content (AvgIpc) is 3.15. The van der Waals surface area contributed by atoms with Crippen molar-refractivity contribution >= 4 is 34.1 Å². The molecule has 4 aromatic rings. The number of hydrogen-bond donors (Lipinski definition) is 2. The van der Waals surface area contributed by atoms with Crippen molar-refractivity contribution in [3.8, 4) is 11.4 Å². The van der Waals surface area contributed by atoms with Crippen molar-refractivity contribution in [2.24, 2.45) is 7.05 Å². The maximum Gasteiger partial charge on any atom is 0.184 e. The van der Waals surface area contributed by atoms with E-state index in [0.29, 0.717) is 22.1 Å².